The number of benzene rings is 6. The van der Waals surface area contributed by atoms with Crippen molar-refractivity contribution in [3.8, 4) is 28.1 Å². The molecule has 1 unspecified atom stereocenters. The van der Waals surface area contributed by atoms with Crippen molar-refractivity contribution in [3.05, 3.63) is 169 Å². The van der Waals surface area contributed by atoms with Crippen molar-refractivity contribution in [2.24, 2.45) is 0 Å². The van der Waals surface area contributed by atoms with Gasteiger partial charge in [0.25, 0.3) is 0 Å². The first-order chi connectivity index (χ1) is 22.8. The number of pyridine rings is 1. The SMILES string of the molecule is CC(c1ccccc1)n1c2cnc(-c3ccc4c(c3)c3ccccc3n4-c3ccccc3)cc2c2cccc(-c3ccccc3)c21. The van der Waals surface area contributed by atoms with E-state index in [-0.39, 0.29) is 6.04 Å². The van der Waals surface area contributed by atoms with E-state index in [1.54, 1.807) is 0 Å². The molecule has 0 N–H and O–H groups in total. The molecule has 3 heteroatoms. The highest BCUT2D eigenvalue weighted by molar-refractivity contribution is 6.14. The van der Waals surface area contributed by atoms with E-state index in [9.17, 15) is 0 Å². The van der Waals surface area contributed by atoms with E-state index in [2.05, 4.69) is 180 Å². The monoisotopic (exact) mass is 589 g/mol. The third-order valence-electron chi connectivity index (χ3n) is 9.45. The van der Waals surface area contributed by atoms with E-state index < -0.39 is 0 Å². The van der Waals surface area contributed by atoms with E-state index in [4.69, 9.17) is 4.98 Å². The fraction of sp³-hybridized carbons (Fsp3) is 0.0465. The van der Waals surface area contributed by atoms with Gasteiger partial charge >= 0.3 is 0 Å². The molecule has 9 rings (SSSR count). The maximum absolute atomic E-state index is 5.14. The minimum Gasteiger partial charge on any atom is -0.331 e. The van der Waals surface area contributed by atoms with Gasteiger partial charge in [-0.05, 0) is 54.4 Å². The van der Waals surface area contributed by atoms with Crippen LogP contribution in [0.5, 0.6) is 0 Å². The van der Waals surface area contributed by atoms with Gasteiger partial charge in [0.05, 0.1) is 40.0 Å². The summed E-state index contributed by atoms with van der Waals surface area (Å²) < 4.78 is 4.84. The molecule has 0 spiro atoms. The normalized spacial score (nSPS) is 12.4. The molecule has 1 atom stereocenters. The van der Waals surface area contributed by atoms with Crippen LogP contribution in [0, 0.1) is 0 Å². The Morgan fingerprint density at radius 2 is 1.15 bits per heavy atom. The molecule has 0 saturated carbocycles. The predicted octanol–water partition coefficient (Wildman–Crippen LogP) is 11.2. The second-order valence-corrected chi connectivity index (χ2v) is 12.0. The fourth-order valence-corrected chi connectivity index (χ4v) is 7.28. The van der Waals surface area contributed by atoms with Crippen LogP contribution in [0.1, 0.15) is 18.5 Å². The Bertz CT molecular complexity index is 2520. The van der Waals surface area contributed by atoms with E-state index in [0.29, 0.717) is 0 Å². The summed E-state index contributed by atoms with van der Waals surface area (Å²) in [4.78, 5) is 5.14. The van der Waals surface area contributed by atoms with Gasteiger partial charge in [0, 0.05) is 38.4 Å². The largest absolute Gasteiger partial charge is 0.331 e. The average molecular weight is 590 g/mol. The molecular weight excluding hydrogens is 558 g/mol. The summed E-state index contributed by atoms with van der Waals surface area (Å²) >= 11 is 0. The van der Waals surface area contributed by atoms with Gasteiger partial charge in [0.1, 0.15) is 0 Å². The summed E-state index contributed by atoms with van der Waals surface area (Å²) in [6.45, 7) is 2.29. The smallest absolute Gasteiger partial charge is 0.0710 e. The molecule has 46 heavy (non-hydrogen) atoms. The van der Waals surface area contributed by atoms with Crippen LogP contribution in [0.2, 0.25) is 0 Å². The van der Waals surface area contributed by atoms with Crippen LogP contribution in [0.3, 0.4) is 0 Å². The zero-order valence-corrected chi connectivity index (χ0v) is 25.5. The molecule has 0 bridgehead atoms. The summed E-state index contributed by atoms with van der Waals surface area (Å²) in [6, 6.07) is 56.7. The Labute approximate surface area is 267 Å². The number of para-hydroxylation sites is 3. The van der Waals surface area contributed by atoms with Gasteiger partial charge in [-0.2, -0.15) is 0 Å². The molecule has 0 aliphatic carbocycles. The van der Waals surface area contributed by atoms with Crippen LogP contribution in [-0.4, -0.2) is 14.1 Å². The van der Waals surface area contributed by atoms with Crippen molar-refractivity contribution in [2.75, 3.05) is 0 Å². The number of rotatable bonds is 5. The molecular formula is C43H31N3. The molecule has 3 heterocycles. The minimum absolute atomic E-state index is 0.124. The maximum Gasteiger partial charge on any atom is 0.0710 e. The quantitative estimate of drug-likeness (QED) is 0.196. The molecule has 0 aliphatic rings. The molecule has 218 valence electrons. The Balaban J connectivity index is 1.28. The highest BCUT2D eigenvalue weighted by atomic mass is 15.0. The molecule has 3 aromatic heterocycles. The lowest BCUT2D eigenvalue weighted by atomic mass is 10.0. The van der Waals surface area contributed by atoms with E-state index in [0.717, 1.165) is 22.5 Å². The van der Waals surface area contributed by atoms with Crippen molar-refractivity contribution in [2.45, 2.75) is 13.0 Å². The zero-order chi connectivity index (χ0) is 30.6. The summed E-state index contributed by atoms with van der Waals surface area (Å²) in [5.74, 6) is 0. The van der Waals surface area contributed by atoms with E-state index >= 15 is 0 Å². The van der Waals surface area contributed by atoms with Gasteiger partial charge in [-0.25, -0.2) is 0 Å². The maximum atomic E-state index is 5.14. The second kappa shape index (κ2) is 10.6. The summed E-state index contributed by atoms with van der Waals surface area (Å²) in [5.41, 5.74) is 11.7. The summed E-state index contributed by atoms with van der Waals surface area (Å²) in [6.07, 6.45) is 2.08. The molecule has 0 radical (unpaired) electrons. The van der Waals surface area contributed by atoms with Crippen molar-refractivity contribution in [3.63, 3.8) is 0 Å². The lowest BCUT2D eigenvalue weighted by molar-refractivity contribution is 0.685. The van der Waals surface area contributed by atoms with Gasteiger partial charge in [0.15, 0.2) is 0 Å². The zero-order valence-electron chi connectivity index (χ0n) is 25.5. The number of hydrogen-bond acceptors (Lipinski definition) is 1. The summed E-state index contributed by atoms with van der Waals surface area (Å²) in [7, 11) is 0. The van der Waals surface area contributed by atoms with Crippen LogP contribution < -0.4 is 0 Å². The standard InChI is InChI=1S/C43H31N3/c1-29(30-14-5-2-6-15-30)45-42-28-44-39(27-38(42)36-22-13-21-34(43(36)45)31-16-7-3-8-17-31)32-24-25-41-37(26-32)35-20-11-12-23-40(35)46(41)33-18-9-4-10-19-33/h2-29H,1H3. The number of aromatic nitrogens is 3. The Kier molecular flexibility index (Phi) is 6.10. The molecule has 0 amide bonds. The van der Waals surface area contributed by atoms with Crippen LogP contribution in [0.4, 0.5) is 0 Å². The van der Waals surface area contributed by atoms with Gasteiger partial charge in [0.2, 0.25) is 0 Å². The van der Waals surface area contributed by atoms with Crippen molar-refractivity contribution < 1.29 is 0 Å². The van der Waals surface area contributed by atoms with Gasteiger partial charge in [-0.1, -0.05) is 121 Å². The van der Waals surface area contributed by atoms with Crippen LogP contribution in [0.25, 0.3) is 71.7 Å². The molecule has 0 fully saturated rings. The fourth-order valence-electron chi connectivity index (χ4n) is 7.28. The summed E-state index contributed by atoms with van der Waals surface area (Å²) in [5, 5.41) is 4.92. The molecule has 3 nitrogen and oxygen atoms in total. The first-order valence-electron chi connectivity index (χ1n) is 15.9. The minimum atomic E-state index is 0.124. The topological polar surface area (TPSA) is 22.8 Å². The highest BCUT2D eigenvalue weighted by Gasteiger charge is 2.21. The predicted molar refractivity (Wildman–Crippen MR) is 193 cm³/mol. The second-order valence-electron chi connectivity index (χ2n) is 12.0. The first-order valence-corrected chi connectivity index (χ1v) is 15.9. The number of nitrogens with zero attached hydrogens (tertiary/aromatic N) is 3. The lowest BCUT2D eigenvalue weighted by Crippen LogP contribution is -2.07. The van der Waals surface area contributed by atoms with Crippen molar-refractivity contribution >= 4 is 43.6 Å². The van der Waals surface area contributed by atoms with Gasteiger partial charge in [-0.3, -0.25) is 4.98 Å². The van der Waals surface area contributed by atoms with Gasteiger partial charge in [-0.15, -0.1) is 0 Å². The Morgan fingerprint density at radius 3 is 1.96 bits per heavy atom. The van der Waals surface area contributed by atoms with Crippen LogP contribution >= 0.6 is 0 Å². The Morgan fingerprint density at radius 1 is 0.500 bits per heavy atom. The molecule has 0 saturated heterocycles. The van der Waals surface area contributed by atoms with Crippen molar-refractivity contribution in [1.29, 1.82) is 0 Å². The van der Waals surface area contributed by atoms with E-state index in [1.165, 1.54) is 54.8 Å². The van der Waals surface area contributed by atoms with Crippen LogP contribution in [-0.2, 0) is 0 Å². The molecule has 6 aromatic carbocycles. The van der Waals surface area contributed by atoms with E-state index in [1.807, 2.05) is 0 Å². The van der Waals surface area contributed by atoms with Crippen molar-refractivity contribution in [1.82, 2.24) is 14.1 Å². The molecule has 9 aromatic rings. The van der Waals surface area contributed by atoms with Gasteiger partial charge < -0.3 is 9.13 Å². The number of hydrogen-bond donors (Lipinski definition) is 0. The molecule has 0 aliphatic heterocycles. The number of fused-ring (bicyclic) bond motifs is 6. The Hall–Kier alpha value is -5.93. The van der Waals surface area contributed by atoms with Crippen LogP contribution in [0.15, 0.2) is 164 Å². The third kappa shape index (κ3) is 4.09. The third-order valence-corrected chi connectivity index (χ3v) is 9.45. The highest BCUT2D eigenvalue weighted by Crippen LogP contribution is 2.41. The lowest BCUT2D eigenvalue weighted by Gasteiger charge is -2.19. The first kappa shape index (κ1) is 26.5. The average Bonchev–Trinajstić information content (AvgIpc) is 3.65.